The van der Waals surface area contributed by atoms with Crippen molar-refractivity contribution in [3.63, 3.8) is 0 Å². The minimum atomic E-state index is -0.884. The lowest BCUT2D eigenvalue weighted by molar-refractivity contribution is -0.146. The van der Waals surface area contributed by atoms with Gasteiger partial charge in [0.25, 0.3) is 0 Å². The third kappa shape index (κ3) is 3.57. The summed E-state index contributed by atoms with van der Waals surface area (Å²) in [5, 5.41) is 23.6. The van der Waals surface area contributed by atoms with Crippen LogP contribution in [-0.2, 0) is 11.2 Å². The molecule has 8 heteroatoms. The first-order valence-electron chi connectivity index (χ1n) is 6.95. The molecule has 0 aliphatic rings. The number of aliphatic carboxylic acids is 1. The molecule has 0 aromatic carbocycles. The second-order valence-corrected chi connectivity index (χ2v) is 6.35. The smallest absolute Gasteiger partial charge is 0.307 e. The molecule has 0 radical (unpaired) electrons. The quantitative estimate of drug-likeness (QED) is 0.757. The summed E-state index contributed by atoms with van der Waals surface area (Å²) in [4.78, 5) is 15.9. The van der Waals surface area contributed by atoms with Gasteiger partial charge >= 0.3 is 5.97 Å². The third-order valence-electron chi connectivity index (χ3n) is 3.60. The molecule has 2 aromatic heterocycles. The fourth-order valence-corrected chi connectivity index (χ4v) is 2.64. The zero-order chi connectivity index (χ0) is 16.3. The Hall–Kier alpha value is -2.51. The molecule has 0 unspecified atom stereocenters. The number of aromatic nitrogens is 5. The minimum Gasteiger partial charge on any atom is -0.481 e. The van der Waals surface area contributed by atoms with Crippen LogP contribution in [0.2, 0.25) is 0 Å². The molecule has 0 aliphatic carbocycles. The number of nitrogen functional groups attached to an aromatic ring is 1. The van der Waals surface area contributed by atoms with E-state index in [4.69, 9.17) is 5.73 Å². The van der Waals surface area contributed by atoms with Crippen molar-refractivity contribution in [2.75, 3.05) is 5.73 Å². The van der Waals surface area contributed by atoms with Crippen LogP contribution in [0.5, 0.6) is 0 Å². The van der Waals surface area contributed by atoms with Crippen LogP contribution < -0.4 is 5.73 Å². The predicted molar refractivity (Wildman–Crippen MR) is 79.9 cm³/mol. The van der Waals surface area contributed by atoms with Gasteiger partial charge in [-0.05, 0) is 23.5 Å². The van der Waals surface area contributed by atoms with E-state index in [0.717, 1.165) is 5.56 Å². The van der Waals surface area contributed by atoms with Crippen molar-refractivity contribution in [2.24, 2.45) is 11.3 Å². The van der Waals surface area contributed by atoms with E-state index in [-0.39, 0.29) is 0 Å². The third-order valence-corrected chi connectivity index (χ3v) is 3.60. The summed E-state index contributed by atoms with van der Waals surface area (Å²) < 4.78 is 0. The highest BCUT2D eigenvalue weighted by atomic mass is 16.4. The van der Waals surface area contributed by atoms with Gasteiger partial charge in [0.15, 0.2) is 5.82 Å². The molecule has 2 atom stereocenters. The number of nitrogens with zero attached hydrogens (tertiary/aromatic N) is 4. The Kier molecular flexibility index (Phi) is 4.39. The lowest BCUT2D eigenvalue weighted by Crippen LogP contribution is -2.35. The zero-order valence-corrected chi connectivity index (χ0v) is 12.8. The number of nitrogens with one attached hydrogen (secondary N) is 1. The van der Waals surface area contributed by atoms with Gasteiger partial charge in [0.2, 0.25) is 0 Å². The van der Waals surface area contributed by atoms with Gasteiger partial charge in [-0.25, -0.2) is 4.98 Å². The van der Waals surface area contributed by atoms with E-state index in [1.807, 2.05) is 26.8 Å². The number of rotatable bonds is 5. The van der Waals surface area contributed by atoms with Crippen LogP contribution in [0.4, 0.5) is 5.82 Å². The molecule has 22 heavy (non-hydrogen) atoms. The fourth-order valence-electron chi connectivity index (χ4n) is 2.64. The lowest BCUT2D eigenvalue weighted by atomic mass is 9.71. The molecule has 0 aliphatic heterocycles. The Balaban J connectivity index is 2.38. The summed E-state index contributed by atoms with van der Waals surface area (Å²) in [7, 11) is 0. The maximum absolute atomic E-state index is 11.8. The number of aromatic amines is 1. The van der Waals surface area contributed by atoms with Crippen molar-refractivity contribution in [3.05, 3.63) is 29.7 Å². The Morgan fingerprint density at radius 2 is 2.14 bits per heavy atom. The van der Waals surface area contributed by atoms with Gasteiger partial charge in [0.05, 0.1) is 5.92 Å². The van der Waals surface area contributed by atoms with Crippen molar-refractivity contribution in [1.82, 2.24) is 25.6 Å². The van der Waals surface area contributed by atoms with Gasteiger partial charge in [-0.15, -0.1) is 10.2 Å². The van der Waals surface area contributed by atoms with Crippen molar-refractivity contribution >= 4 is 11.8 Å². The molecule has 118 valence electrons. The van der Waals surface area contributed by atoms with E-state index in [0.29, 0.717) is 18.1 Å². The van der Waals surface area contributed by atoms with Crippen molar-refractivity contribution in [3.8, 4) is 0 Å². The number of nitrogens with two attached hydrogens (primary N) is 1. The molecule has 0 saturated heterocycles. The Morgan fingerprint density at radius 1 is 1.41 bits per heavy atom. The number of H-pyrrole nitrogens is 1. The van der Waals surface area contributed by atoms with E-state index in [9.17, 15) is 9.90 Å². The Morgan fingerprint density at radius 3 is 2.59 bits per heavy atom. The van der Waals surface area contributed by atoms with Crippen LogP contribution in [-0.4, -0.2) is 36.7 Å². The lowest BCUT2D eigenvalue weighted by Gasteiger charge is -2.32. The zero-order valence-electron chi connectivity index (χ0n) is 12.8. The molecule has 0 bridgehead atoms. The second-order valence-electron chi connectivity index (χ2n) is 6.35. The minimum absolute atomic E-state index is 0.388. The fraction of sp³-hybridized carbons (Fsp3) is 0.500. The van der Waals surface area contributed by atoms with Crippen molar-refractivity contribution in [2.45, 2.75) is 33.1 Å². The van der Waals surface area contributed by atoms with Gasteiger partial charge < -0.3 is 10.8 Å². The molecule has 2 aromatic rings. The number of carbonyl (C=O) groups is 1. The van der Waals surface area contributed by atoms with Gasteiger partial charge in [-0.1, -0.05) is 32.1 Å². The number of carboxylic acids is 1. The first-order chi connectivity index (χ1) is 10.3. The summed E-state index contributed by atoms with van der Waals surface area (Å²) in [6, 6.07) is 3.52. The molecule has 0 fully saturated rings. The molecule has 0 amide bonds. The van der Waals surface area contributed by atoms with Crippen molar-refractivity contribution in [1.29, 1.82) is 0 Å². The van der Waals surface area contributed by atoms with Gasteiger partial charge in [-0.3, -0.25) is 4.79 Å². The van der Waals surface area contributed by atoms with Crippen LogP contribution in [0.15, 0.2) is 18.3 Å². The summed E-state index contributed by atoms with van der Waals surface area (Å²) in [6.45, 7) is 5.67. The monoisotopic (exact) mass is 304 g/mol. The number of pyridine rings is 1. The molecule has 8 nitrogen and oxygen atoms in total. The molecular formula is C14H20N6O2. The number of hydrogen-bond donors (Lipinski definition) is 3. The Bertz CT molecular complexity index is 618. The van der Waals surface area contributed by atoms with Crippen LogP contribution in [0.3, 0.4) is 0 Å². The SMILES string of the molecule is CC(C)(C)[C@H](C(=O)O)[C@H](Cc1ccc(N)nc1)c1nn[nH]n1. The number of tetrazole rings is 1. The molecule has 2 rings (SSSR count). The van der Waals surface area contributed by atoms with Gasteiger partial charge in [-0.2, -0.15) is 5.21 Å². The molecular weight excluding hydrogens is 284 g/mol. The highest BCUT2D eigenvalue weighted by Gasteiger charge is 2.40. The molecule has 0 saturated carbocycles. The Labute approximate surface area is 128 Å². The highest BCUT2D eigenvalue weighted by molar-refractivity contribution is 5.72. The van der Waals surface area contributed by atoms with Crippen LogP contribution in [0.1, 0.15) is 38.1 Å². The number of anilines is 1. The van der Waals surface area contributed by atoms with E-state index in [1.54, 1.807) is 12.3 Å². The summed E-state index contributed by atoms with van der Waals surface area (Å²) >= 11 is 0. The largest absolute Gasteiger partial charge is 0.481 e. The predicted octanol–water partition coefficient (Wildman–Crippen LogP) is 1.25. The van der Waals surface area contributed by atoms with Crippen molar-refractivity contribution < 1.29 is 9.90 Å². The van der Waals surface area contributed by atoms with E-state index in [1.165, 1.54) is 0 Å². The average Bonchev–Trinajstić information content (AvgIpc) is 2.92. The maximum atomic E-state index is 11.8. The molecule has 0 spiro atoms. The first-order valence-corrected chi connectivity index (χ1v) is 6.95. The van der Waals surface area contributed by atoms with E-state index < -0.39 is 23.2 Å². The second kappa shape index (κ2) is 6.08. The summed E-state index contributed by atoms with van der Waals surface area (Å²) in [5.41, 5.74) is 6.00. The molecule has 4 N–H and O–H groups in total. The first kappa shape index (κ1) is 15.9. The van der Waals surface area contributed by atoms with Crippen LogP contribution in [0, 0.1) is 11.3 Å². The highest BCUT2D eigenvalue weighted by Crippen LogP contribution is 2.38. The van der Waals surface area contributed by atoms with E-state index >= 15 is 0 Å². The van der Waals surface area contributed by atoms with Crippen LogP contribution >= 0.6 is 0 Å². The van der Waals surface area contributed by atoms with Crippen LogP contribution in [0.25, 0.3) is 0 Å². The maximum Gasteiger partial charge on any atom is 0.307 e. The number of carboxylic acid groups (broad SMARTS) is 1. The normalized spacial score (nSPS) is 14.5. The molecule has 2 heterocycles. The standard InChI is InChI=1S/C14H20N6O2/c1-14(2,3)11(13(21)22)9(12-17-19-20-18-12)6-8-4-5-10(15)16-7-8/h4-5,7,9,11H,6H2,1-3H3,(H2,15,16)(H,21,22)(H,17,18,19,20)/t9-,11-/m0/s1. The van der Waals surface area contributed by atoms with Gasteiger partial charge in [0, 0.05) is 12.1 Å². The van der Waals surface area contributed by atoms with E-state index in [2.05, 4.69) is 25.6 Å². The average molecular weight is 304 g/mol. The number of hydrogen-bond acceptors (Lipinski definition) is 6. The summed E-state index contributed by atoms with van der Waals surface area (Å²) in [6.07, 6.45) is 2.09. The summed E-state index contributed by atoms with van der Waals surface area (Å²) in [5.74, 6) is -1.15. The topological polar surface area (TPSA) is 131 Å². The van der Waals surface area contributed by atoms with Gasteiger partial charge in [0.1, 0.15) is 5.82 Å².